The fourth-order valence-corrected chi connectivity index (χ4v) is 4.23. The molecule has 4 heteroatoms. The Morgan fingerprint density at radius 3 is 2.62 bits per heavy atom. The Balaban J connectivity index is 1.82. The molecule has 0 saturated heterocycles. The summed E-state index contributed by atoms with van der Waals surface area (Å²) in [6, 6.07) is 15.3. The molecule has 128 valence electrons. The minimum atomic E-state index is -0.586. The number of rotatable bonds is 2. The van der Waals surface area contributed by atoms with Gasteiger partial charge in [0.25, 0.3) is 0 Å². The summed E-state index contributed by atoms with van der Waals surface area (Å²) >= 11 is 0. The van der Waals surface area contributed by atoms with Crippen molar-refractivity contribution in [2.45, 2.75) is 19.5 Å². The van der Waals surface area contributed by atoms with E-state index in [4.69, 9.17) is 5.73 Å². The van der Waals surface area contributed by atoms with Gasteiger partial charge in [-0.05, 0) is 57.5 Å². The molecule has 1 aliphatic carbocycles. The Bertz CT molecular complexity index is 1090. The maximum Gasteiger partial charge on any atom is 0.249 e. The van der Waals surface area contributed by atoms with Crippen LogP contribution in [0.15, 0.2) is 48.5 Å². The van der Waals surface area contributed by atoms with Crippen molar-refractivity contribution in [3.05, 3.63) is 82.2 Å². The Hall–Kier alpha value is -2.98. The van der Waals surface area contributed by atoms with Gasteiger partial charge in [-0.1, -0.05) is 36.4 Å². The summed E-state index contributed by atoms with van der Waals surface area (Å²) < 4.78 is 15.2. The first kappa shape index (κ1) is 15.3. The largest absolute Gasteiger partial charge is 0.366 e. The average Bonchev–Trinajstić information content (AvgIpc) is 3.24. The number of fused-ring (bicyclic) bond motifs is 4. The van der Waals surface area contributed by atoms with Crippen LogP contribution in [0.1, 0.15) is 32.6 Å². The second-order valence-corrected chi connectivity index (χ2v) is 6.92. The third-order valence-corrected chi connectivity index (χ3v) is 5.43. The zero-order valence-electron chi connectivity index (χ0n) is 14.1. The Morgan fingerprint density at radius 2 is 1.77 bits per heavy atom. The van der Waals surface area contributed by atoms with Gasteiger partial charge in [0.1, 0.15) is 5.82 Å². The minimum absolute atomic E-state index is 0.278. The summed E-state index contributed by atoms with van der Waals surface area (Å²) in [6.07, 6.45) is 0.601. The molecule has 0 aromatic heterocycles. The van der Waals surface area contributed by atoms with Gasteiger partial charge in [0, 0.05) is 24.2 Å². The smallest absolute Gasteiger partial charge is 0.249 e. The number of halogens is 1. The third kappa shape index (κ3) is 2.12. The molecule has 2 aliphatic rings. The van der Waals surface area contributed by atoms with E-state index in [0.29, 0.717) is 12.0 Å². The number of benzene rings is 3. The zero-order chi connectivity index (χ0) is 17.8. The van der Waals surface area contributed by atoms with E-state index in [1.54, 1.807) is 0 Å². The standard InChI is InChI=1S/C22H17FN2O/c23-19-9-18(22(24)26)17-8-12-3-1-2-4-16(12)21(17)20(19)13-5-6-14-10-25-11-15(14)7-13/h1-7,9,25H,8,10-11H2,(H2,24,26). The van der Waals surface area contributed by atoms with Crippen molar-refractivity contribution >= 4 is 5.91 Å². The van der Waals surface area contributed by atoms with Crippen molar-refractivity contribution in [3.63, 3.8) is 0 Å². The number of primary amides is 1. The number of carbonyl (C=O) groups excluding carboxylic acids is 1. The van der Waals surface area contributed by atoms with Crippen LogP contribution in [0, 0.1) is 5.82 Å². The monoisotopic (exact) mass is 344 g/mol. The van der Waals surface area contributed by atoms with Crippen LogP contribution in [-0.4, -0.2) is 5.91 Å². The van der Waals surface area contributed by atoms with E-state index in [2.05, 4.69) is 17.4 Å². The SMILES string of the molecule is NC(=O)c1cc(F)c(-c2ccc3c(c2)CNC3)c2c1Cc1ccccc1-2. The van der Waals surface area contributed by atoms with Gasteiger partial charge >= 0.3 is 0 Å². The highest BCUT2D eigenvalue weighted by atomic mass is 19.1. The van der Waals surface area contributed by atoms with Crippen LogP contribution in [0.5, 0.6) is 0 Å². The molecule has 26 heavy (non-hydrogen) atoms. The van der Waals surface area contributed by atoms with E-state index in [0.717, 1.165) is 40.9 Å². The first-order valence-electron chi connectivity index (χ1n) is 8.70. The predicted molar refractivity (Wildman–Crippen MR) is 99.1 cm³/mol. The minimum Gasteiger partial charge on any atom is -0.366 e. The molecular weight excluding hydrogens is 327 g/mol. The first-order chi connectivity index (χ1) is 12.6. The molecule has 3 aromatic carbocycles. The van der Waals surface area contributed by atoms with Crippen LogP contribution in [0.2, 0.25) is 0 Å². The summed E-state index contributed by atoms with van der Waals surface area (Å²) in [6.45, 7) is 1.64. The van der Waals surface area contributed by atoms with E-state index in [9.17, 15) is 4.79 Å². The highest BCUT2D eigenvalue weighted by Gasteiger charge is 2.29. The van der Waals surface area contributed by atoms with Crippen LogP contribution in [-0.2, 0) is 19.5 Å². The van der Waals surface area contributed by atoms with Gasteiger partial charge in [-0.2, -0.15) is 0 Å². The van der Waals surface area contributed by atoms with Crippen LogP contribution < -0.4 is 11.1 Å². The van der Waals surface area contributed by atoms with Gasteiger partial charge in [0.15, 0.2) is 0 Å². The highest BCUT2D eigenvalue weighted by molar-refractivity contribution is 6.01. The number of carbonyl (C=O) groups is 1. The lowest BCUT2D eigenvalue weighted by Crippen LogP contribution is -2.14. The summed E-state index contributed by atoms with van der Waals surface area (Å²) in [5.41, 5.74) is 13.4. The Labute approximate surface area is 150 Å². The molecule has 5 rings (SSSR count). The fourth-order valence-electron chi connectivity index (χ4n) is 4.23. The molecule has 0 saturated carbocycles. The van der Waals surface area contributed by atoms with E-state index in [-0.39, 0.29) is 5.56 Å². The lowest BCUT2D eigenvalue weighted by atomic mass is 9.89. The fraction of sp³-hybridized carbons (Fsp3) is 0.136. The molecule has 0 bridgehead atoms. The van der Waals surface area contributed by atoms with Gasteiger partial charge in [0.05, 0.1) is 0 Å². The maximum atomic E-state index is 15.2. The second kappa shape index (κ2) is 5.51. The van der Waals surface area contributed by atoms with Crippen molar-refractivity contribution in [2.24, 2.45) is 5.73 Å². The van der Waals surface area contributed by atoms with Gasteiger partial charge in [0.2, 0.25) is 5.91 Å². The van der Waals surface area contributed by atoms with E-state index >= 15 is 4.39 Å². The van der Waals surface area contributed by atoms with Crippen molar-refractivity contribution < 1.29 is 9.18 Å². The molecule has 0 fully saturated rings. The molecule has 0 atom stereocenters. The van der Waals surface area contributed by atoms with Crippen molar-refractivity contribution in [3.8, 4) is 22.3 Å². The van der Waals surface area contributed by atoms with Crippen LogP contribution in [0.3, 0.4) is 0 Å². The molecule has 1 aliphatic heterocycles. The van der Waals surface area contributed by atoms with Gasteiger partial charge in [-0.15, -0.1) is 0 Å². The number of nitrogens with one attached hydrogen (secondary N) is 1. The van der Waals surface area contributed by atoms with Crippen molar-refractivity contribution in [1.82, 2.24) is 5.32 Å². The molecular formula is C22H17FN2O. The summed E-state index contributed by atoms with van der Waals surface area (Å²) in [5, 5.41) is 3.32. The average molecular weight is 344 g/mol. The van der Waals surface area contributed by atoms with Crippen LogP contribution >= 0.6 is 0 Å². The predicted octanol–water partition coefficient (Wildman–Crippen LogP) is 3.77. The van der Waals surface area contributed by atoms with Crippen molar-refractivity contribution in [2.75, 3.05) is 0 Å². The number of hydrogen-bond donors (Lipinski definition) is 2. The van der Waals surface area contributed by atoms with E-state index < -0.39 is 11.7 Å². The Morgan fingerprint density at radius 1 is 0.962 bits per heavy atom. The maximum absolute atomic E-state index is 15.2. The highest BCUT2D eigenvalue weighted by Crippen LogP contribution is 2.46. The van der Waals surface area contributed by atoms with Gasteiger partial charge in [-0.3, -0.25) is 4.79 Å². The first-order valence-corrected chi connectivity index (χ1v) is 8.70. The number of hydrogen-bond acceptors (Lipinski definition) is 2. The molecule has 1 amide bonds. The second-order valence-electron chi connectivity index (χ2n) is 6.92. The van der Waals surface area contributed by atoms with Crippen LogP contribution in [0.25, 0.3) is 22.3 Å². The normalized spacial score (nSPS) is 14.0. The molecule has 0 unspecified atom stereocenters. The van der Waals surface area contributed by atoms with Gasteiger partial charge in [-0.25, -0.2) is 4.39 Å². The summed E-state index contributed by atoms with van der Waals surface area (Å²) in [4.78, 5) is 11.9. The lowest BCUT2D eigenvalue weighted by Gasteiger charge is -2.15. The van der Waals surface area contributed by atoms with E-state index in [1.807, 2.05) is 30.3 Å². The lowest BCUT2D eigenvalue weighted by molar-refractivity contribution is 0.0999. The third-order valence-electron chi connectivity index (χ3n) is 5.43. The van der Waals surface area contributed by atoms with Crippen molar-refractivity contribution in [1.29, 1.82) is 0 Å². The molecule has 3 nitrogen and oxygen atoms in total. The summed E-state index contributed by atoms with van der Waals surface area (Å²) in [5.74, 6) is -0.988. The number of nitrogens with two attached hydrogens (primary N) is 1. The van der Waals surface area contributed by atoms with Gasteiger partial charge < -0.3 is 11.1 Å². The molecule has 3 N–H and O–H groups in total. The molecule has 1 heterocycles. The topological polar surface area (TPSA) is 55.1 Å². The molecule has 0 radical (unpaired) electrons. The van der Waals surface area contributed by atoms with Crippen LogP contribution in [0.4, 0.5) is 4.39 Å². The Kier molecular flexibility index (Phi) is 3.24. The summed E-state index contributed by atoms with van der Waals surface area (Å²) in [7, 11) is 0. The molecule has 0 spiro atoms. The quantitative estimate of drug-likeness (QED) is 0.582. The van der Waals surface area contributed by atoms with E-state index in [1.165, 1.54) is 17.2 Å². The number of amides is 1. The zero-order valence-corrected chi connectivity index (χ0v) is 14.1. The molecule has 3 aromatic rings.